The second kappa shape index (κ2) is 9.72. The molecule has 1 N–H and O–H groups in total. The first-order chi connectivity index (χ1) is 14.6. The fourth-order valence-electron chi connectivity index (χ4n) is 2.86. The van der Waals surface area contributed by atoms with Gasteiger partial charge in [-0.3, -0.25) is 4.79 Å². The molecule has 0 aliphatic carbocycles. The number of ether oxygens (including phenoxy) is 3. The molecule has 3 aromatic carbocycles. The van der Waals surface area contributed by atoms with Gasteiger partial charge in [0.05, 0.1) is 32.5 Å². The molecule has 0 saturated carbocycles. The molecule has 3 aromatic rings. The van der Waals surface area contributed by atoms with Crippen LogP contribution < -0.4 is 19.5 Å². The number of benzene rings is 3. The van der Waals surface area contributed by atoms with Gasteiger partial charge < -0.3 is 19.5 Å². The van der Waals surface area contributed by atoms with Crippen LogP contribution in [0.3, 0.4) is 0 Å². The van der Waals surface area contributed by atoms with E-state index in [2.05, 4.69) is 11.4 Å². The molecule has 0 unspecified atom stereocenters. The highest BCUT2D eigenvalue weighted by Crippen LogP contribution is 2.40. The van der Waals surface area contributed by atoms with E-state index in [1.807, 2.05) is 30.3 Å². The maximum absolute atomic E-state index is 13.0. The number of nitrogens with zero attached hydrogens (tertiary/aromatic N) is 1. The van der Waals surface area contributed by atoms with E-state index in [1.54, 1.807) is 30.3 Å². The zero-order valence-corrected chi connectivity index (χ0v) is 17.6. The summed E-state index contributed by atoms with van der Waals surface area (Å²) in [5.74, 6) is 1.04. The Morgan fingerprint density at radius 3 is 2.10 bits per heavy atom. The average molecular weight is 420 g/mol. The van der Waals surface area contributed by atoms with Gasteiger partial charge in [-0.2, -0.15) is 5.26 Å². The summed E-state index contributed by atoms with van der Waals surface area (Å²) in [5, 5.41) is 12.2. The summed E-state index contributed by atoms with van der Waals surface area (Å²) in [5.41, 5.74) is 1.55. The van der Waals surface area contributed by atoms with E-state index in [0.29, 0.717) is 34.1 Å². The fourth-order valence-corrected chi connectivity index (χ4v) is 3.89. The van der Waals surface area contributed by atoms with Gasteiger partial charge in [-0.05, 0) is 24.3 Å². The van der Waals surface area contributed by atoms with E-state index < -0.39 is 0 Å². The third-order valence-electron chi connectivity index (χ3n) is 4.28. The third kappa shape index (κ3) is 4.50. The first kappa shape index (κ1) is 21.1. The van der Waals surface area contributed by atoms with Crippen LogP contribution in [-0.4, -0.2) is 27.2 Å². The Kier molecular flexibility index (Phi) is 6.83. The molecule has 0 radical (unpaired) electrons. The van der Waals surface area contributed by atoms with Gasteiger partial charge in [0.25, 0.3) is 5.91 Å². The van der Waals surface area contributed by atoms with Crippen LogP contribution in [0.1, 0.15) is 15.9 Å². The number of carbonyl (C=O) groups excluding carboxylic acids is 1. The summed E-state index contributed by atoms with van der Waals surface area (Å²) in [4.78, 5) is 14.6. The number of nitrogens with one attached hydrogen (secondary N) is 1. The lowest BCUT2D eigenvalue weighted by molar-refractivity contribution is 0.102. The standard InChI is InChI=1S/C23H20N2O4S/c1-27-18-12-16(13-19(28-2)22(18)29-3)25-23(26)17-9-5-7-11-21(17)30-20-10-6-4-8-15(20)14-24/h4-13H,1-3H3,(H,25,26). The van der Waals surface area contributed by atoms with E-state index >= 15 is 0 Å². The first-order valence-corrected chi connectivity index (χ1v) is 9.80. The lowest BCUT2D eigenvalue weighted by Crippen LogP contribution is -2.13. The Morgan fingerprint density at radius 2 is 1.50 bits per heavy atom. The maximum atomic E-state index is 13.0. The second-order valence-electron chi connectivity index (χ2n) is 6.07. The van der Waals surface area contributed by atoms with Crippen LogP contribution in [0, 0.1) is 11.3 Å². The summed E-state index contributed by atoms with van der Waals surface area (Å²) >= 11 is 1.37. The minimum absolute atomic E-state index is 0.290. The van der Waals surface area contributed by atoms with Crippen molar-refractivity contribution >= 4 is 23.4 Å². The molecule has 0 saturated heterocycles. The van der Waals surface area contributed by atoms with Crippen molar-refractivity contribution in [3.63, 3.8) is 0 Å². The molecule has 0 aromatic heterocycles. The number of anilines is 1. The molecule has 0 heterocycles. The molecular weight excluding hydrogens is 400 g/mol. The highest BCUT2D eigenvalue weighted by atomic mass is 32.2. The average Bonchev–Trinajstić information content (AvgIpc) is 2.79. The van der Waals surface area contributed by atoms with Crippen molar-refractivity contribution in [1.82, 2.24) is 0 Å². The van der Waals surface area contributed by atoms with Crippen LogP contribution in [0.4, 0.5) is 5.69 Å². The predicted octanol–water partition coefficient (Wildman–Crippen LogP) is 4.99. The Balaban J connectivity index is 1.91. The Morgan fingerprint density at radius 1 is 0.900 bits per heavy atom. The summed E-state index contributed by atoms with van der Waals surface area (Å²) in [7, 11) is 4.55. The van der Waals surface area contributed by atoms with Crippen LogP contribution in [0.25, 0.3) is 0 Å². The fraction of sp³-hybridized carbons (Fsp3) is 0.130. The van der Waals surface area contributed by atoms with E-state index in [0.717, 1.165) is 9.79 Å². The topological polar surface area (TPSA) is 80.6 Å². The van der Waals surface area contributed by atoms with Crippen molar-refractivity contribution < 1.29 is 19.0 Å². The molecule has 7 heteroatoms. The zero-order valence-electron chi connectivity index (χ0n) is 16.8. The monoisotopic (exact) mass is 420 g/mol. The number of hydrogen-bond acceptors (Lipinski definition) is 6. The van der Waals surface area contributed by atoms with Crippen LogP contribution in [0.15, 0.2) is 70.5 Å². The van der Waals surface area contributed by atoms with Crippen molar-refractivity contribution in [1.29, 1.82) is 5.26 Å². The minimum Gasteiger partial charge on any atom is -0.493 e. The van der Waals surface area contributed by atoms with Crippen molar-refractivity contribution in [2.45, 2.75) is 9.79 Å². The molecule has 0 aliphatic rings. The minimum atomic E-state index is -0.290. The van der Waals surface area contributed by atoms with Gasteiger partial charge in [0.15, 0.2) is 11.5 Å². The molecule has 0 fully saturated rings. The summed E-state index contributed by atoms with van der Waals surface area (Å²) in [6.07, 6.45) is 0. The number of rotatable bonds is 7. The first-order valence-electron chi connectivity index (χ1n) is 8.98. The number of nitriles is 1. The van der Waals surface area contributed by atoms with Crippen molar-refractivity contribution in [3.8, 4) is 23.3 Å². The zero-order chi connectivity index (χ0) is 21.5. The Labute approximate surface area is 179 Å². The largest absolute Gasteiger partial charge is 0.493 e. The quantitative estimate of drug-likeness (QED) is 0.580. The van der Waals surface area contributed by atoms with Gasteiger partial charge in [-0.25, -0.2) is 0 Å². The highest BCUT2D eigenvalue weighted by molar-refractivity contribution is 7.99. The molecular formula is C23H20N2O4S. The molecule has 3 rings (SSSR count). The molecule has 6 nitrogen and oxygen atoms in total. The normalized spacial score (nSPS) is 10.1. The van der Waals surface area contributed by atoms with Gasteiger partial charge in [-0.15, -0.1) is 0 Å². The van der Waals surface area contributed by atoms with E-state index in [1.165, 1.54) is 33.1 Å². The second-order valence-corrected chi connectivity index (χ2v) is 7.16. The molecule has 1 amide bonds. The molecule has 0 spiro atoms. The van der Waals surface area contributed by atoms with Crippen LogP contribution >= 0.6 is 11.8 Å². The maximum Gasteiger partial charge on any atom is 0.256 e. The number of amides is 1. The molecule has 30 heavy (non-hydrogen) atoms. The SMILES string of the molecule is COc1cc(NC(=O)c2ccccc2Sc2ccccc2C#N)cc(OC)c1OC. The molecule has 0 bridgehead atoms. The van der Waals surface area contributed by atoms with E-state index in [9.17, 15) is 10.1 Å². The number of hydrogen-bond donors (Lipinski definition) is 1. The lowest BCUT2D eigenvalue weighted by Gasteiger charge is -2.15. The van der Waals surface area contributed by atoms with Crippen LogP contribution in [0.2, 0.25) is 0 Å². The van der Waals surface area contributed by atoms with Gasteiger partial charge in [0, 0.05) is 27.6 Å². The van der Waals surface area contributed by atoms with E-state index in [-0.39, 0.29) is 5.91 Å². The van der Waals surface area contributed by atoms with Crippen molar-refractivity contribution in [3.05, 3.63) is 71.8 Å². The Bertz CT molecular complexity index is 1080. The van der Waals surface area contributed by atoms with Crippen molar-refractivity contribution in [2.24, 2.45) is 0 Å². The van der Waals surface area contributed by atoms with Crippen LogP contribution in [-0.2, 0) is 0 Å². The van der Waals surface area contributed by atoms with Gasteiger partial charge in [0.2, 0.25) is 5.75 Å². The van der Waals surface area contributed by atoms with Crippen LogP contribution in [0.5, 0.6) is 17.2 Å². The number of methoxy groups -OCH3 is 3. The van der Waals surface area contributed by atoms with Gasteiger partial charge in [0.1, 0.15) is 6.07 Å². The highest BCUT2D eigenvalue weighted by Gasteiger charge is 2.17. The summed E-state index contributed by atoms with van der Waals surface area (Å²) in [6, 6.07) is 20.0. The lowest BCUT2D eigenvalue weighted by atomic mass is 10.2. The van der Waals surface area contributed by atoms with Crippen molar-refractivity contribution in [2.75, 3.05) is 26.6 Å². The molecule has 0 aliphatic heterocycles. The summed E-state index contributed by atoms with van der Waals surface area (Å²) < 4.78 is 16.0. The smallest absolute Gasteiger partial charge is 0.256 e. The van der Waals surface area contributed by atoms with Gasteiger partial charge >= 0.3 is 0 Å². The summed E-state index contributed by atoms with van der Waals surface area (Å²) in [6.45, 7) is 0. The predicted molar refractivity (Wildman–Crippen MR) is 116 cm³/mol. The Hall–Kier alpha value is -3.63. The van der Waals surface area contributed by atoms with E-state index in [4.69, 9.17) is 14.2 Å². The third-order valence-corrected chi connectivity index (χ3v) is 5.43. The number of carbonyl (C=O) groups is 1. The van der Waals surface area contributed by atoms with Gasteiger partial charge in [-0.1, -0.05) is 36.0 Å². The molecule has 0 atom stereocenters. The molecule has 152 valence electrons.